The lowest BCUT2D eigenvalue weighted by Crippen LogP contribution is -2.35. The highest BCUT2D eigenvalue weighted by molar-refractivity contribution is 5.36. The molecule has 0 spiro atoms. The fourth-order valence-corrected chi connectivity index (χ4v) is 2.11. The van der Waals surface area contributed by atoms with Crippen molar-refractivity contribution in [2.75, 3.05) is 0 Å². The number of rotatable bonds is 4. The summed E-state index contributed by atoms with van der Waals surface area (Å²) in [6.45, 7) is 6.15. The van der Waals surface area contributed by atoms with E-state index in [-0.39, 0.29) is 5.54 Å². The summed E-state index contributed by atoms with van der Waals surface area (Å²) in [4.78, 5) is 4.24. The predicted octanol–water partition coefficient (Wildman–Crippen LogP) is 1.45. The van der Waals surface area contributed by atoms with Crippen LogP contribution in [0.1, 0.15) is 32.2 Å². The maximum atomic E-state index is 6.09. The van der Waals surface area contributed by atoms with E-state index < -0.39 is 0 Å². The van der Waals surface area contributed by atoms with Crippen LogP contribution in [0.25, 0.3) is 5.69 Å². The highest BCUT2D eigenvalue weighted by atomic mass is 15.3. The molecule has 98 valence electrons. The van der Waals surface area contributed by atoms with Crippen LogP contribution in [0.4, 0.5) is 0 Å². The Morgan fingerprint density at radius 1 is 1.39 bits per heavy atom. The topological polar surface area (TPSA) is 61.7 Å². The Bertz CT molecular complexity index is 530. The fraction of sp³-hybridized carbons (Fsp3) is 0.538. The van der Waals surface area contributed by atoms with Gasteiger partial charge in [-0.25, -0.2) is 4.98 Å². The summed E-state index contributed by atoms with van der Waals surface area (Å²) in [6.07, 6.45) is 7.41. The second-order valence-corrected chi connectivity index (χ2v) is 5.41. The second kappa shape index (κ2) is 4.57. The van der Waals surface area contributed by atoms with Crippen molar-refractivity contribution in [2.45, 2.75) is 39.2 Å². The predicted molar refractivity (Wildman–Crippen MR) is 71.7 cm³/mol. The van der Waals surface area contributed by atoms with Gasteiger partial charge in [-0.3, -0.25) is 9.25 Å². The smallest absolute Gasteiger partial charge is 0.0995 e. The molecular weight excluding hydrogens is 226 g/mol. The number of hydrogen-bond donors (Lipinski definition) is 1. The maximum Gasteiger partial charge on any atom is 0.0995 e. The van der Waals surface area contributed by atoms with E-state index >= 15 is 0 Å². The molecule has 2 heterocycles. The first-order valence-corrected chi connectivity index (χ1v) is 6.23. The summed E-state index contributed by atoms with van der Waals surface area (Å²) in [6, 6.07) is 0. The van der Waals surface area contributed by atoms with E-state index in [1.54, 1.807) is 0 Å². The molecular formula is C13H21N5. The lowest BCUT2D eigenvalue weighted by molar-refractivity contribution is 0.506. The zero-order valence-electron chi connectivity index (χ0n) is 11.5. The van der Waals surface area contributed by atoms with Crippen LogP contribution in [0.15, 0.2) is 18.7 Å². The van der Waals surface area contributed by atoms with Gasteiger partial charge >= 0.3 is 0 Å². The Hall–Kier alpha value is -1.62. The lowest BCUT2D eigenvalue weighted by Gasteiger charge is -2.19. The first kappa shape index (κ1) is 12.8. The SMILES string of the molecule is CCc1nn(C)cc1-n1cncc1CC(C)(C)N. The molecule has 18 heavy (non-hydrogen) atoms. The average molecular weight is 247 g/mol. The van der Waals surface area contributed by atoms with E-state index in [9.17, 15) is 0 Å². The molecule has 0 aliphatic carbocycles. The number of aryl methyl sites for hydroxylation is 2. The van der Waals surface area contributed by atoms with Crippen LogP contribution in [0.2, 0.25) is 0 Å². The number of hydrogen-bond acceptors (Lipinski definition) is 3. The Morgan fingerprint density at radius 3 is 2.72 bits per heavy atom. The van der Waals surface area contributed by atoms with Gasteiger partial charge in [-0.2, -0.15) is 5.10 Å². The highest BCUT2D eigenvalue weighted by Gasteiger charge is 2.17. The minimum atomic E-state index is -0.244. The average Bonchev–Trinajstić information content (AvgIpc) is 2.81. The minimum Gasteiger partial charge on any atom is -0.325 e. The Morgan fingerprint density at radius 2 is 2.11 bits per heavy atom. The molecule has 0 fully saturated rings. The van der Waals surface area contributed by atoms with Gasteiger partial charge in [0.1, 0.15) is 0 Å². The minimum absolute atomic E-state index is 0.244. The molecule has 2 rings (SSSR count). The van der Waals surface area contributed by atoms with Crippen molar-refractivity contribution >= 4 is 0 Å². The van der Waals surface area contributed by atoms with Gasteiger partial charge < -0.3 is 5.73 Å². The normalized spacial score (nSPS) is 12.1. The van der Waals surface area contributed by atoms with Crippen molar-refractivity contribution in [3.8, 4) is 5.69 Å². The maximum absolute atomic E-state index is 6.09. The van der Waals surface area contributed by atoms with Crippen LogP contribution >= 0.6 is 0 Å². The molecule has 0 saturated heterocycles. The third-order valence-corrected chi connectivity index (χ3v) is 2.83. The van der Waals surface area contributed by atoms with Crippen molar-refractivity contribution in [1.29, 1.82) is 0 Å². The molecule has 2 N–H and O–H groups in total. The van der Waals surface area contributed by atoms with E-state index in [0.29, 0.717) is 0 Å². The summed E-state index contributed by atoms with van der Waals surface area (Å²) in [7, 11) is 1.94. The van der Waals surface area contributed by atoms with Crippen molar-refractivity contribution in [1.82, 2.24) is 19.3 Å². The molecule has 0 amide bonds. The molecule has 0 unspecified atom stereocenters. The molecule has 0 atom stereocenters. The molecule has 5 nitrogen and oxygen atoms in total. The number of nitrogens with zero attached hydrogens (tertiary/aromatic N) is 4. The highest BCUT2D eigenvalue weighted by Crippen LogP contribution is 2.18. The monoisotopic (exact) mass is 247 g/mol. The quantitative estimate of drug-likeness (QED) is 0.889. The molecule has 0 aromatic carbocycles. The molecule has 2 aromatic heterocycles. The largest absolute Gasteiger partial charge is 0.325 e. The molecule has 0 aliphatic heterocycles. The van der Waals surface area contributed by atoms with Gasteiger partial charge in [-0.15, -0.1) is 0 Å². The Balaban J connectivity index is 2.42. The number of imidazole rings is 1. The van der Waals surface area contributed by atoms with Gasteiger partial charge in [0.25, 0.3) is 0 Å². The van der Waals surface area contributed by atoms with Crippen LogP contribution in [-0.4, -0.2) is 24.9 Å². The number of nitrogens with two attached hydrogens (primary N) is 1. The van der Waals surface area contributed by atoms with Crippen molar-refractivity contribution in [3.05, 3.63) is 30.1 Å². The van der Waals surface area contributed by atoms with Crippen LogP contribution < -0.4 is 5.73 Å². The molecule has 0 aliphatic rings. The summed E-state index contributed by atoms with van der Waals surface area (Å²) >= 11 is 0. The van der Waals surface area contributed by atoms with Crippen molar-refractivity contribution in [3.63, 3.8) is 0 Å². The summed E-state index contributed by atoms with van der Waals surface area (Å²) < 4.78 is 3.92. The summed E-state index contributed by atoms with van der Waals surface area (Å²) in [5.74, 6) is 0. The van der Waals surface area contributed by atoms with Gasteiger partial charge in [-0.1, -0.05) is 6.92 Å². The van der Waals surface area contributed by atoms with Crippen LogP contribution in [-0.2, 0) is 19.9 Å². The molecule has 0 saturated carbocycles. The standard InChI is InChI=1S/C13H21N5/c1-5-11-12(8-17(4)16-11)18-9-15-7-10(18)6-13(2,3)14/h7-9H,5-6,14H2,1-4H3. The van der Waals surface area contributed by atoms with E-state index in [0.717, 1.165) is 29.9 Å². The lowest BCUT2D eigenvalue weighted by atomic mass is 10.0. The van der Waals surface area contributed by atoms with Crippen LogP contribution in [0.5, 0.6) is 0 Å². The van der Waals surface area contributed by atoms with Gasteiger partial charge in [0.2, 0.25) is 0 Å². The van der Waals surface area contributed by atoms with Crippen molar-refractivity contribution in [2.24, 2.45) is 12.8 Å². The summed E-state index contributed by atoms with van der Waals surface area (Å²) in [5, 5.41) is 4.46. The van der Waals surface area contributed by atoms with Crippen LogP contribution in [0, 0.1) is 0 Å². The first-order valence-electron chi connectivity index (χ1n) is 6.23. The van der Waals surface area contributed by atoms with Gasteiger partial charge in [-0.05, 0) is 20.3 Å². The molecule has 5 heteroatoms. The van der Waals surface area contributed by atoms with Gasteiger partial charge in [0.05, 0.1) is 17.7 Å². The molecule has 0 bridgehead atoms. The molecule has 2 aromatic rings. The van der Waals surface area contributed by atoms with Crippen molar-refractivity contribution < 1.29 is 0 Å². The zero-order valence-corrected chi connectivity index (χ0v) is 11.5. The first-order chi connectivity index (χ1) is 8.40. The second-order valence-electron chi connectivity index (χ2n) is 5.41. The fourth-order valence-electron chi connectivity index (χ4n) is 2.11. The third-order valence-electron chi connectivity index (χ3n) is 2.83. The van der Waals surface area contributed by atoms with Crippen LogP contribution in [0.3, 0.4) is 0 Å². The summed E-state index contributed by atoms with van der Waals surface area (Å²) in [5.41, 5.74) is 9.13. The van der Waals surface area contributed by atoms with Gasteiger partial charge in [0.15, 0.2) is 0 Å². The third kappa shape index (κ3) is 2.61. The van der Waals surface area contributed by atoms with E-state index in [2.05, 4.69) is 21.6 Å². The van der Waals surface area contributed by atoms with E-state index in [1.807, 2.05) is 44.3 Å². The Labute approximate surface area is 108 Å². The Kier molecular flexibility index (Phi) is 3.26. The van der Waals surface area contributed by atoms with Gasteiger partial charge in [0, 0.05) is 37.1 Å². The molecule has 0 radical (unpaired) electrons. The van der Waals surface area contributed by atoms with E-state index in [1.165, 1.54) is 0 Å². The zero-order chi connectivity index (χ0) is 13.3. The van der Waals surface area contributed by atoms with E-state index in [4.69, 9.17) is 5.73 Å². The number of aromatic nitrogens is 4.